The molecule has 5 nitrogen and oxygen atoms in total. The number of aromatic nitrogens is 2. The molecule has 0 aliphatic heterocycles. The molecule has 5 heteroatoms. The molecule has 0 bridgehead atoms. The van der Waals surface area contributed by atoms with Gasteiger partial charge in [-0.1, -0.05) is 70.2 Å². The molecule has 0 saturated heterocycles. The SMILES string of the molecule is CCCc1nc(C(O)C(C)(C)C)cn1Cc1ccc(-c2ccccc2C(=O)O)cc1. The van der Waals surface area contributed by atoms with E-state index in [2.05, 4.69) is 11.5 Å². The lowest BCUT2D eigenvalue weighted by Gasteiger charge is -2.23. The molecule has 30 heavy (non-hydrogen) atoms. The average molecular weight is 407 g/mol. The van der Waals surface area contributed by atoms with E-state index in [1.165, 1.54) is 0 Å². The minimum Gasteiger partial charge on any atom is -0.478 e. The summed E-state index contributed by atoms with van der Waals surface area (Å²) in [7, 11) is 0. The fourth-order valence-electron chi connectivity index (χ4n) is 3.52. The van der Waals surface area contributed by atoms with Crippen molar-refractivity contribution in [2.24, 2.45) is 5.41 Å². The number of aromatic carboxylic acids is 1. The molecule has 0 spiro atoms. The first-order chi connectivity index (χ1) is 14.2. The summed E-state index contributed by atoms with van der Waals surface area (Å²) in [5, 5.41) is 20.1. The van der Waals surface area contributed by atoms with Gasteiger partial charge in [0.1, 0.15) is 11.9 Å². The molecule has 0 radical (unpaired) electrons. The highest BCUT2D eigenvalue weighted by atomic mass is 16.4. The van der Waals surface area contributed by atoms with E-state index < -0.39 is 12.1 Å². The van der Waals surface area contributed by atoms with Crippen LogP contribution in [0.15, 0.2) is 54.7 Å². The molecule has 0 amide bonds. The van der Waals surface area contributed by atoms with E-state index in [4.69, 9.17) is 4.98 Å². The van der Waals surface area contributed by atoms with Crippen molar-refractivity contribution in [1.82, 2.24) is 9.55 Å². The number of carboxylic acid groups (broad SMARTS) is 1. The molecule has 1 unspecified atom stereocenters. The maximum Gasteiger partial charge on any atom is 0.336 e. The largest absolute Gasteiger partial charge is 0.478 e. The number of hydrogen-bond donors (Lipinski definition) is 2. The van der Waals surface area contributed by atoms with Gasteiger partial charge in [-0.3, -0.25) is 0 Å². The van der Waals surface area contributed by atoms with E-state index >= 15 is 0 Å². The molecular formula is C25H30N2O3. The van der Waals surface area contributed by atoms with Gasteiger partial charge in [-0.25, -0.2) is 9.78 Å². The highest BCUT2D eigenvalue weighted by Crippen LogP contribution is 2.32. The Morgan fingerprint density at radius 2 is 1.77 bits per heavy atom. The molecule has 0 saturated carbocycles. The van der Waals surface area contributed by atoms with Crippen LogP contribution in [0.1, 0.15) is 67.7 Å². The van der Waals surface area contributed by atoms with Gasteiger partial charge in [0.15, 0.2) is 0 Å². The third-order valence-corrected chi connectivity index (χ3v) is 5.23. The van der Waals surface area contributed by atoms with Gasteiger partial charge in [0.05, 0.1) is 11.3 Å². The summed E-state index contributed by atoms with van der Waals surface area (Å²) in [5.74, 6) is 0.0401. The van der Waals surface area contributed by atoms with Crippen molar-refractivity contribution in [3.05, 3.63) is 77.4 Å². The van der Waals surface area contributed by atoms with Gasteiger partial charge >= 0.3 is 5.97 Å². The van der Waals surface area contributed by atoms with Crippen LogP contribution >= 0.6 is 0 Å². The molecule has 0 fully saturated rings. The van der Waals surface area contributed by atoms with Crippen LogP contribution in [0.25, 0.3) is 11.1 Å². The quantitative estimate of drug-likeness (QED) is 0.556. The number of aryl methyl sites for hydroxylation is 1. The van der Waals surface area contributed by atoms with Gasteiger partial charge in [0, 0.05) is 19.2 Å². The van der Waals surface area contributed by atoms with Gasteiger partial charge in [-0.05, 0) is 34.6 Å². The van der Waals surface area contributed by atoms with Crippen LogP contribution in [0.2, 0.25) is 0 Å². The summed E-state index contributed by atoms with van der Waals surface area (Å²) in [5.41, 5.74) is 3.41. The van der Waals surface area contributed by atoms with Crippen molar-refractivity contribution < 1.29 is 15.0 Å². The van der Waals surface area contributed by atoms with Gasteiger partial charge < -0.3 is 14.8 Å². The van der Waals surface area contributed by atoms with Crippen molar-refractivity contribution in [2.45, 2.75) is 53.2 Å². The molecular weight excluding hydrogens is 376 g/mol. The summed E-state index contributed by atoms with van der Waals surface area (Å²) in [6, 6.07) is 15.0. The van der Waals surface area contributed by atoms with Gasteiger partial charge in [0.2, 0.25) is 0 Å². The van der Waals surface area contributed by atoms with Gasteiger partial charge in [-0.2, -0.15) is 0 Å². The first kappa shape index (κ1) is 21.8. The molecule has 0 aliphatic carbocycles. The Labute approximate surface area is 178 Å². The van der Waals surface area contributed by atoms with E-state index in [1.807, 2.05) is 63.4 Å². The second-order valence-electron chi connectivity index (χ2n) is 8.78. The first-order valence-corrected chi connectivity index (χ1v) is 10.4. The zero-order valence-electron chi connectivity index (χ0n) is 18.1. The van der Waals surface area contributed by atoms with Crippen LogP contribution < -0.4 is 0 Å². The number of carbonyl (C=O) groups is 1. The van der Waals surface area contributed by atoms with Crippen LogP contribution in [-0.4, -0.2) is 25.7 Å². The highest BCUT2D eigenvalue weighted by molar-refractivity contribution is 5.95. The van der Waals surface area contributed by atoms with Crippen LogP contribution in [0.4, 0.5) is 0 Å². The van der Waals surface area contributed by atoms with Crippen LogP contribution in [0, 0.1) is 5.41 Å². The molecule has 1 heterocycles. The van der Waals surface area contributed by atoms with E-state index in [1.54, 1.807) is 12.1 Å². The predicted octanol–water partition coefficient (Wildman–Crippen LogP) is 5.33. The van der Waals surface area contributed by atoms with E-state index in [9.17, 15) is 15.0 Å². The second kappa shape index (κ2) is 8.84. The normalized spacial score (nSPS) is 12.7. The van der Waals surface area contributed by atoms with E-state index in [0.29, 0.717) is 23.4 Å². The predicted molar refractivity (Wildman–Crippen MR) is 119 cm³/mol. The van der Waals surface area contributed by atoms with Crippen molar-refractivity contribution in [3.63, 3.8) is 0 Å². The third-order valence-electron chi connectivity index (χ3n) is 5.23. The number of benzene rings is 2. The minimum atomic E-state index is -0.928. The monoisotopic (exact) mass is 406 g/mol. The van der Waals surface area contributed by atoms with Crippen LogP contribution in [0.3, 0.4) is 0 Å². The maximum absolute atomic E-state index is 11.5. The second-order valence-corrected chi connectivity index (χ2v) is 8.78. The topological polar surface area (TPSA) is 75.4 Å². The molecule has 3 rings (SSSR count). The zero-order valence-corrected chi connectivity index (χ0v) is 18.1. The van der Waals surface area contributed by atoms with E-state index in [0.717, 1.165) is 29.8 Å². The Balaban J connectivity index is 1.87. The molecule has 158 valence electrons. The molecule has 2 N–H and O–H groups in total. The molecule has 2 aromatic carbocycles. The number of rotatable bonds is 7. The summed E-state index contributed by atoms with van der Waals surface area (Å²) in [6.45, 7) is 8.78. The Morgan fingerprint density at radius 1 is 1.10 bits per heavy atom. The molecule has 1 aromatic heterocycles. The average Bonchev–Trinajstić information content (AvgIpc) is 3.10. The first-order valence-electron chi connectivity index (χ1n) is 10.4. The minimum absolute atomic E-state index is 0.276. The lowest BCUT2D eigenvalue weighted by molar-refractivity contribution is 0.0591. The lowest BCUT2D eigenvalue weighted by atomic mass is 9.87. The Hall–Kier alpha value is -2.92. The fraction of sp³-hybridized carbons (Fsp3) is 0.360. The molecule has 3 aromatic rings. The lowest BCUT2D eigenvalue weighted by Crippen LogP contribution is -2.18. The number of aliphatic hydroxyl groups excluding tert-OH is 1. The number of aliphatic hydroxyl groups is 1. The third kappa shape index (κ3) is 4.79. The number of nitrogens with zero attached hydrogens (tertiary/aromatic N) is 2. The Kier molecular flexibility index (Phi) is 6.42. The standard InChI is InChI=1S/C25H30N2O3/c1-5-8-22-26-21(23(28)25(2,3)4)16-27(22)15-17-11-13-18(14-12-17)19-9-6-7-10-20(19)24(29)30/h6-7,9-14,16,23,28H,5,8,15H2,1-4H3,(H,29,30). The van der Waals surface area contributed by atoms with Crippen molar-refractivity contribution in [3.8, 4) is 11.1 Å². The summed E-state index contributed by atoms with van der Waals surface area (Å²) < 4.78 is 2.11. The van der Waals surface area contributed by atoms with Crippen molar-refractivity contribution in [2.75, 3.05) is 0 Å². The Morgan fingerprint density at radius 3 is 2.37 bits per heavy atom. The summed E-state index contributed by atoms with van der Waals surface area (Å²) in [6.07, 6.45) is 3.16. The van der Waals surface area contributed by atoms with Gasteiger partial charge in [-0.15, -0.1) is 0 Å². The maximum atomic E-state index is 11.5. The number of hydrogen-bond acceptors (Lipinski definition) is 3. The summed E-state index contributed by atoms with van der Waals surface area (Å²) >= 11 is 0. The molecule has 0 aliphatic rings. The van der Waals surface area contributed by atoms with Crippen LogP contribution in [-0.2, 0) is 13.0 Å². The fourth-order valence-corrected chi connectivity index (χ4v) is 3.52. The smallest absolute Gasteiger partial charge is 0.336 e. The van der Waals surface area contributed by atoms with E-state index in [-0.39, 0.29) is 5.41 Å². The van der Waals surface area contributed by atoms with Crippen LogP contribution in [0.5, 0.6) is 0 Å². The Bertz CT molecular complexity index is 1010. The number of imidazole rings is 1. The highest BCUT2D eigenvalue weighted by Gasteiger charge is 2.27. The van der Waals surface area contributed by atoms with Gasteiger partial charge in [0.25, 0.3) is 0 Å². The zero-order chi connectivity index (χ0) is 21.9. The summed E-state index contributed by atoms with van der Waals surface area (Å²) in [4.78, 5) is 16.2. The van der Waals surface area contributed by atoms with Crippen molar-refractivity contribution in [1.29, 1.82) is 0 Å². The molecule has 1 atom stereocenters. The van der Waals surface area contributed by atoms with Crippen molar-refractivity contribution >= 4 is 5.97 Å². The number of carboxylic acids is 1.